The van der Waals surface area contributed by atoms with Crippen molar-refractivity contribution in [2.75, 3.05) is 7.11 Å². The summed E-state index contributed by atoms with van der Waals surface area (Å²) in [5, 5.41) is 11.8. The molecule has 2 aromatic rings. The standard InChI is InChI=1S/C14H11Cl2N3O2/c1-21-11-6-18-12(16)5-9(11)14(20)8-4-7(15)2-3-10(8)19-13(14)17/h2-6,20H,1H3,(H2,17,19). The van der Waals surface area contributed by atoms with E-state index in [9.17, 15) is 5.11 Å². The van der Waals surface area contributed by atoms with E-state index >= 15 is 0 Å². The first-order chi connectivity index (χ1) is 9.96. The van der Waals surface area contributed by atoms with Gasteiger partial charge in [0.15, 0.2) is 5.60 Å². The van der Waals surface area contributed by atoms with Crippen LogP contribution in [0.25, 0.3) is 0 Å². The molecule has 1 unspecified atom stereocenters. The second kappa shape index (κ2) is 4.87. The number of amidine groups is 1. The van der Waals surface area contributed by atoms with Crippen LogP contribution in [0, 0.1) is 0 Å². The highest BCUT2D eigenvalue weighted by Gasteiger charge is 2.44. The van der Waals surface area contributed by atoms with E-state index in [1.165, 1.54) is 19.4 Å². The Morgan fingerprint density at radius 1 is 1.24 bits per heavy atom. The Labute approximate surface area is 131 Å². The third-order valence-corrected chi connectivity index (χ3v) is 3.85. The van der Waals surface area contributed by atoms with Gasteiger partial charge in [0.25, 0.3) is 0 Å². The van der Waals surface area contributed by atoms with Gasteiger partial charge in [0.1, 0.15) is 16.7 Å². The summed E-state index contributed by atoms with van der Waals surface area (Å²) in [6.45, 7) is 0. The number of ether oxygens (including phenoxy) is 1. The Balaban J connectivity index is 2.30. The van der Waals surface area contributed by atoms with Gasteiger partial charge in [-0.2, -0.15) is 0 Å². The van der Waals surface area contributed by atoms with Gasteiger partial charge in [-0.15, -0.1) is 0 Å². The van der Waals surface area contributed by atoms with Crippen LogP contribution in [-0.2, 0) is 5.60 Å². The smallest absolute Gasteiger partial charge is 0.178 e. The average Bonchev–Trinajstić information content (AvgIpc) is 2.72. The molecule has 0 spiro atoms. The second-order valence-electron chi connectivity index (χ2n) is 4.58. The minimum Gasteiger partial charge on any atom is -0.495 e. The number of nitrogens with two attached hydrogens (primary N) is 1. The molecule has 5 nitrogen and oxygen atoms in total. The second-order valence-corrected chi connectivity index (χ2v) is 5.40. The number of hydrogen-bond donors (Lipinski definition) is 2. The molecule has 1 aromatic carbocycles. The van der Waals surface area contributed by atoms with Crippen molar-refractivity contribution in [3.63, 3.8) is 0 Å². The zero-order valence-electron chi connectivity index (χ0n) is 11.0. The van der Waals surface area contributed by atoms with Crippen molar-refractivity contribution >= 4 is 34.7 Å². The zero-order chi connectivity index (χ0) is 15.2. The van der Waals surface area contributed by atoms with E-state index in [4.69, 9.17) is 33.7 Å². The summed E-state index contributed by atoms with van der Waals surface area (Å²) in [6, 6.07) is 6.49. The molecule has 1 aliphatic heterocycles. The summed E-state index contributed by atoms with van der Waals surface area (Å²) in [7, 11) is 1.47. The summed E-state index contributed by atoms with van der Waals surface area (Å²) < 4.78 is 5.25. The van der Waals surface area contributed by atoms with Gasteiger partial charge in [0.2, 0.25) is 0 Å². The maximum Gasteiger partial charge on any atom is 0.178 e. The first-order valence-corrected chi connectivity index (χ1v) is 6.79. The number of aromatic nitrogens is 1. The number of halogens is 2. The third kappa shape index (κ3) is 2.05. The van der Waals surface area contributed by atoms with Crippen molar-refractivity contribution in [2.45, 2.75) is 5.60 Å². The number of pyridine rings is 1. The molecular formula is C14H11Cl2N3O2. The van der Waals surface area contributed by atoms with Gasteiger partial charge in [-0.1, -0.05) is 23.2 Å². The van der Waals surface area contributed by atoms with Gasteiger partial charge < -0.3 is 15.6 Å². The van der Waals surface area contributed by atoms with Crippen molar-refractivity contribution in [2.24, 2.45) is 10.7 Å². The van der Waals surface area contributed by atoms with Crippen LogP contribution >= 0.6 is 23.2 Å². The molecule has 0 bridgehead atoms. The zero-order valence-corrected chi connectivity index (χ0v) is 12.5. The Bertz CT molecular complexity index is 764. The number of hydrogen-bond acceptors (Lipinski definition) is 5. The van der Waals surface area contributed by atoms with Crippen molar-refractivity contribution in [1.29, 1.82) is 0 Å². The molecule has 0 radical (unpaired) electrons. The molecule has 0 fully saturated rings. The van der Waals surface area contributed by atoms with Crippen molar-refractivity contribution < 1.29 is 9.84 Å². The molecule has 3 rings (SSSR count). The van der Waals surface area contributed by atoms with Crippen LogP contribution in [0.4, 0.5) is 5.69 Å². The fraction of sp³-hybridized carbons (Fsp3) is 0.143. The van der Waals surface area contributed by atoms with Gasteiger partial charge in [-0.05, 0) is 24.3 Å². The lowest BCUT2D eigenvalue weighted by atomic mass is 9.86. The Morgan fingerprint density at radius 3 is 2.71 bits per heavy atom. The average molecular weight is 324 g/mol. The molecule has 2 heterocycles. The highest BCUT2D eigenvalue weighted by atomic mass is 35.5. The number of rotatable bonds is 2. The number of benzene rings is 1. The normalized spacial score (nSPS) is 20.1. The molecule has 1 aromatic heterocycles. The van der Waals surface area contributed by atoms with Crippen LogP contribution in [0.5, 0.6) is 5.75 Å². The first-order valence-electron chi connectivity index (χ1n) is 6.04. The fourth-order valence-electron chi connectivity index (χ4n) is 2.39. The lowest BCUT2D eigenvalue weighted by molar-refractivity contribution is 0.154. The van der Waals surface area contributed by atoms with Crippen molar-refractivity contribution in [3.05, 3.63) is 51.8 Å². The van der Waals surface area contributed by atoms with Crippen LogP contribution in [0.3, 0.4) is 0 Å². The maximum atomic E-state index is 11.2. The molecule has 21 heavy (non-hydrogen) atoms. The number of fused-ring (bicyclic) bond motifs is 1. The fourth-order valence-corrected chi connectivity index (χ4v) is 2.72. The van der Waals surface area contributed by atoms with E-state index in [1.54, 1.807) is 18.2 Å². The monoisotopic (exact) mass is 323 g/mol. The molecule has 0 saturated carbocycles. The van der Waals surface area contributed by atoms with Crippen LogP contribution in [-0.4, -0.2) is 23.0 Å². The van der Waals surface area contributed by atoms with E-state index in [1.807, 2.05) is 0 Å². The Morgan fingerprint density at radius 2 is 2.00 bits per heavy atom. The van der Waals surface area contributed by atoms with E-state index in [0.29, 0.717) is 27.6 Å². The number of aliphatic hydroxyl groups is 1. The molecule has 108 valence electrons. The van der Waals surface area contributed by atoms with Crippen molar-refractivity contribution in [1.82, 2.24) is 4.98 Å². The molecule has 0 saturated heterocycles. The van der Waals surface area contributed by atoms with Gasteiger partial charge in [0, 0.05) is 16.1 Å². The van der Waals surface area contributed by atoms with Gasteiger partial charge in [-0.3, -0.25) is 0 Å². The molecule has 1 atom stereocenters. The van der Waals surface area contributed by atoms with Crippen molar-refractivity contribution in [3.8, 4) is 5.75 Å². The molecule has 0 amide bonds. The molecule has 1 aliphatic rings. The van der Waals surface area contributed by atoms with Gasteiger partial charge in [0.05, 0.1) is 19.0 Å². The molecule has 3 N–H and O–H groups in total. The first kappa shape index (κ1) is 14.1. The van der Waals surface area contributed by atoms with E-state index < -0.39 is 5.60 Å². The minimum absolute atomic E-state index is 0.0281. The summed E-state index contributed by atoms with van der Waals surface area (Å²) >= 11 is 12.0. The molecule has 7 heteroatoms. The molecular weight excluding hydrogens is 313 g/mol. The third-order valence-electron chi connectivity index (χ3n) is 3.40. The predicted molar refractivity (Wildman–Crippen MR) is 81.5 cm³/mol. The van der Waals surface area contributed by atoms with Crippen LogP contribution in [0.15, 0.2) is 35.5 Å². The lowest BCUT2D eigenvalue weighted by Gasteiger charge is -2.26. The van der Waals surface area contributed by atoms with E-state index in [0.717, 1.165) is 0 Å². The highest BCUT2D eigenvalue weighted by molar-refractivity contribution is 6.31. The van der Waals surface area contributed by atoms with E-state index in [2.05, 4.69) is 9.98 Å². The topological polar surface area (TPSA) is 80.7 Å². The summed E-state index contributed by atoms with van der Waals surface area (Å²) in [6.07, 6.45) is 1.42. The van der Waals surface area contributed by atoms with Gasteiger partial charge in [-0.25, -0.2) is 9.98 Å². The lowest BCUT2D eigenvalue weighted by Crippen LogP contribution is -2.40. The molecule has 0 aliphatic carbocycles. The summed E-state index contributed by atoms with van der Waals surface area (Å²) in [5.74, 6) is 0.383. The van der Waals surface area contributed by atoms with Crippen LogP contribution in [0.2, 0.25) is 10.2 Å². The van der Waals surface area contributed by atoms with Crippen LogP contribution in [0.1, 0.15) is 11.1 Å². The number of aliphatic imine (C=N–C) groups is 1. The SMILES string of the molecule is COc1cnc(Cl)cc1C1(O)C(N)=Nc2ccc(Cl)cc21. The quantitative estimate of drug-likeness (QED) is 0.832. The minimum atomic E-state index is -1.65. The summed E-state index contributed by atoms with van der Waals surface area (Å²) in [4.78, 5) is 8.13. The van der Waals surface area contributed by atoms with E-state index in [-0.39, 0.29) is 11.0 Å². The number of methoxy groups -OCH3 is 1. The maximum absolute atomic E-state index is 11.2. The largest absolute Gasteiger partial charge is 0.495 e. The predicted octanol–water partition coefficient (Wildman–Crippen LogP) is 2.64. The summed E-state index contributed by atoms with van der Waals surface area (Å²) in [5.41, 5.74) is 5.70. The Hall–Kier alpha value is -1.82. The Kier molecular flexibility index (Phi) is 3.28. The highest BCUT2D eigenvalue weighted by Crippen LogP contribution is 2.45. The number of nitrogens with zero attached hydrogens (tertiary/aromatic N) is 2. The van der Waals surface area contributed by atoms with Crippen LogP contribution < -0.4 is 10.5 Å². The van der Waals surface area contributed by atoms with Gasteiger partial charge >= 0.3 is 0 Å².